The molecule has 0 spiro atoms. The lowest BCUT2D eigenvalue weighted by Crippen LogP contribution is -2.32. The number of nitrogens with two attached hydrogens (primary N) is 1. The summed E-state index contributed by atoms with van der Waals surface area (Å²) in [4.78, 5) is 11.8. The summed E-state index contributed by atoms with van der Waals surface area (Å²) in [6.45, 7) is 1.81. The first-order chi connectivity index (χ1) is 11.3. The number of hydrogen-bond donors (Lipinski definition) is 3. The van der Waals surface area contributed by atoms with Crippen LogP contribution < -0.4 is 16.4 Å². The van der Waals surface area contributed by atoms with Crippen LogP contribution in [0.15, 0.2) is 47.1 Å². The van der Waals surface area contributed by atoms with Crippen LogP contribution >= 0.6 is 0 Å². The summed E-state index contributed by atoms with van der Waals surface area (Å²) in [5.74, 6) is -0.401. The minimum atomic E-state index is -0.393. The molecular weight excluding hydrogens is 294 g/mol. The number of aromatic nitrogens is 2. The summed E-state index contributed by atoms with van der Waals surface area (Å²) in [7, 11) is 0. The number of carbonyl (C=O) groups excluding carboxylic acids is 1. The predicted molar refractivity (Wildman–Crippen MR) is 86.7 cm³/mol. The fraction of sp³-hybridized carbons (Fsp3) is 0.188. The SMILES string of the molecule is Nc1nonc1C(=O)NCCNCc1cccc2ccccc12. The number of anilines is 1. The van der Waals surface area contributed by atoms with Crippen molar-refractivity contribution < 1.29 is 9.42 Å². The number of nitrogen functional groups attached to an aromatic ring is 1. The molecule has 1 heterocycles. The lowest BCUT2D eigenvalue weighted by molar-refractivity contribution is 0.0944. The van der Waals surface area contributed by atoms with Gasteiger partial charge in [-0.05, 0) is 26.6 Å². The molecule has 23 heavy (non-hydrogen) atoms. The summed E-state index contributed by atoms with van der Waals surface area (Å²) in [5.41, 5.74) is 6.69. The summed E-state index contributed by atoms with van der Waals surface area (Å²) in [6, 6.07) is 14.5. The third-order valence-corrected chi connectivity index (χ3v) is 3.51. The van der Waals surface area contributed by atoms with Crippen molar-refractivity contribution in [2.24, 2.45) is 0 Å². The standard InChI is InChI=1S/C16H17N5O2/c17-15-14(20-23-21-15)16(22)19-9-8-18-10-12-6-3-5-11-4-1-2-7-13(11)12/h1-7,18H,8-10H2,(H2,17,21)(H,19,22). The van der Waals surface area contributed by atoms with Crippen LogP contribution in [0.1, 0.15) is 16.1 Å². The first kappa shape index (κ1) is 15.0. The normalized spacial score (nSPS) is 10.8. The molecule has 1 amide bonds. The smallest absolute Gasteiger partial charge is 0.277 e. The van der Waals surface area contributed by atoms with Crippen molar-refractivity contribution in [1.29, 1.82) is 0 Å². The fourth-order valence-electron chi connectivity index (χ4n) is 2.37. The molecule has 3 aromatic rings. The number of rotatable bonds is 6. The molecule has 0 aliphatic heterocycles. The third kappa shape index (κ3) is 3.46. The molecule has 0 saturated heterocycles. The zero-order valence-electron chi connectivity index (χ0n) is 12.5. The van der Waals surface area contributed by atoms with Crippen molar-refractivity contribution in [2.75, 3.05) is 18.8 Å². The Balaban J connectivity index is 1.48. The molecule has 0 unspecified atom stereocenters. The van der Waals surface area contributed by atoms with Gasteiger partial charge in [-0.3, -0.25) is 4.79 Å². The van der Waals surface area contributed by atoms with Crippen LogP contribution in [0.2, 0.25) is 0 Å². The number of fused-ring (bicyclic) bond motifs is 1. The molecule has 0 saturated carbocycles. The highest BCUT2D eigenvalue weighted by atomic mass is 16.6. The average molecular weight is 311 g/mol. The molecule has 0 aliphatic carbocycles. The summed E-state index contributed by atoms with van der Waals surface area (Å²) < 4.78 is 4.39. The van der Waals surface area contributed by atoms with Crippen LogP contribution in [-0.4, -0.2) is 29.3 Å². The lowest BCUT2D eigenvalue weighted by Gasteiger charge is -2.08. The van der Waals surface area contributed by atoms with Gasteiger partial charge in [0, 0.05) is 19.6 Å². The number of amides is 1. The van der Waals surface area contributed by atoms with Crippen LogP contribution in [0.4, 0.5) is 5.82 Å². The van der Waals surface area contributed by atoms with E-state index in [0.29, 0.717) is 13.1 Å². The zero-order chi connectivity index (χ0) is 16.1. The topological polar surface area (TPSA) is 106 Å². The van der Waals surface area contributed by atoms with Gasteiger partial charge < -0.3 is 16.4 Å². The predicted octanol–water partition coefficient (Wildman–Crippen LogP) is 1.32. The van der Waals surface area contributed by atoms with Crippen LogP contribution in [-0.2, 0) is 6.54 Å². The third-order valence-electron chi connectivity index (χ3n) is 3.51. The van der Waals surface area contributed by atoms with E-state index in [1.54, 1.807) is 0 Å². The highest BCUT2D eigenvalue weighted by Gasteiger charge is 2.14. The lowest BCUT2D eigenvalue weighted by atomic mass is 10.0. The molecule has 118 valence electrons. The molecule has 0 aliphatic rings. The highest BCUT2D eigenvalue weighted by molar-refractivity contribution is 5.95. The molecule has 4 N–H and O–H groups in total. The molecule has 2 aromatic carbocycles. The van der Waals surface area contributed by atoms with Crippen molar-refractivity contribution in [2.45, 2.75) is 6.54 Å². The fourth-order valence-corrected chi connectivity index (χ4v) is 2.37. The summed E-state index contributed by atoms with van der Waals surface area (Å²) >= 11 is 0. The van der Waals surface area contributed by atoms with Gasteiger partial charge in [-0.25, -0.2) is 4.63 Å². The van der Waals surface area contributed by atoms with Gasteiger partial charge in [0.1, 0.15) is 0 Å². The Bertz CT molecular complexity index is 810. The summed E-state index contributed by atoms with van der Waals surface area (Å²) in [6.07, 6.45) is 0. The van der Waals surface area contributed by atoms with E-state index < -0.39 is 5.91 Å². The number of carbonyl (C=O) groups is 1. The second-order valence-corrected chi connectivity index (χ2v) is 5.07. The van der Waals surface area contributed by atoms with E-state index in [4.69, 9.17) is 5.73 Å². The van der Waals surface area contributed by atoms with Crippen molar-refractivity contribution in [3.8, 4) is 0 Å². The van der Waals surface area contributed by atoms with Gasteiger partial charge in [0.15, 0.2) is 0 Å². The second kappa shape index (κ2) is 6.89. The number of hydrogen-bond acceptors (Lipinski definition) is 6. The van der Waals surface area contributed by atoms with Crippen molar-refractivity contribution in [1.82, 2.24) is 20.9 Å². The molecule has 0 radical (unpaired) electrons. The van der Waals surface area contributed by atoms with E-state index in [0.717, 1.165) is 6.54 Å². The minimum absolute atomic E-state index is 0.00813. The largest absolute Gasteiger partial charge is 0.379 e. The first-order valence-electron chi connectivity index (χ1n) is 7.29. The van der Waals surface area contributed by atoms with E-state index in [-0.39, 0.29) is 11.5 Å². The van der Waals surface area contributed by atoms with Gasteiger partial charge in [-0.15, -0.1) is 0 Å². The molecule has 0 atom stereocenters. The maximum Gasteiger partial charge on any atom is 0.277 e. The molecule has 3 rings (SSSR count). The van der Waals surface area contributed by atoms with Crippen molar-refractivity contribution in [3.63, 3.8) is 0 Å². The Morgan fingerprint density at radius 1 is 1.09 bits per heavy atom. The maximum atomic E-state index is 11.8. The van der Waals surface area contributed by atoms with Crippen LogP contribution in [0.3, 0.4) is 0 Å². The zero-order valence-corrected chi connectivity index (χ0v) is 12.5. The average Bonchev–Trinajstić information content (AvgIpc) is 3.00. The van der Waals surface area contributed by atoms with Gasteiger partial charge in [-0.2, -0.15) is 0 Å². The maximum absolute atomic E-state index is 11.8. The molecule has 7 heteroatoms. The summed E-state index contributed by atoms with van der Waals surface area (Å²) in [5, 5.41) is 15.3. The van der Waals surface area contributed by atoms with E-state index in [2.05, 4.69) is 49.8 Å². The van der Waals surface area contributed by atoms with Crippen LogP contribution in [0, 0.1) is 0 Å². The van der Waals surface area contributed by atoms with Gasteiger partial charge in [0.25, 0.3) is 5.91 Å². The molecule has 0 fully saturated rings. The Morgan fingerprint density at radius 3 is 2.74 bits per heavy atom. The van der Waals surface area contributed by atoms with Crippen molar-refractivity contribution >= 4 is 22.5 Å². The van der Waals surface area contributed by atoms with E-state index in [1.807, 2.05) is 18.2 Å². The van der Waals surface area contributed by atoms with Gasteiger partial charge in [-0.1, -0.05) is 42.5 Å². The van der Waals surface area contributed by atoms with E-state index in [1.165, 1.54) is 16.3 Å². The number of benzene rings is 2. The first-order valence-corrected chi connectivity index (χ1v) is 7.29. The van der Waals surface area contributed by atoms with Crippen LogP contribution in [0.25, 0.3) is 10.8 Å². The van der Waals surface area contributed by atoms with Crippen molar-refractivity contribution in [3.05, 3.63) is 53.7 Å². The Kier molecular flexibility index (Phi) is 4.49. The number of nitrogens with zero attached hydrogens (tertiary/aromatic N) is 2. The number of nitrogens with one attached hydrogen (secondary N) is 2. The monoisotopic (exact) mass is 311 g/mol. The highest BCUT2D eigenvalue weighted by Crippen LogP contribution is 2.17. The quantitative estimate of drug-likeness (QED) is 0.593. The minimum Gasteiger partial charge on any atom is -0.379 e. The Morgan fingerprint density at radius 2 is 1.91 bits per heavy atom. The van der Waals surface area contributed by atoms with Gasteiger partial charge in [0.2, 0.25) is 11.5 Å². The Hall–Kier alpha value is -2.93. The molecular formula is C16H17N5O2. The van der Waals surface area contributed by atoms with E-state index >= 15 is 0 Å². The Labute approximate surface area is 132 Å². The van der Waals surface area contributed by atoms with Gasteiger partial charge >= 0.3 is 0 Å². The van der Waals surface area contributed by atoms with Crippen LogP contribution in [0.5, 0.6) is 0 Å². The molecule has 1 aromatic heterocycles. The molecule has 7 nitrogen and oxygen atoms in total. The second-order valence-electron chi connectivity index (χ2n) is 5.07. The van der Waals surface area contributed by atoms with E-state index in [9.17, 15) is 4.79 Å². The molecule has 0 bridgehead atoms. The van der Waals surface area contributed by atoms with Gasteiger partial charge in [0.05, 0.1) is 0 Å².